The molecule has 0 unspecified atom stereocenters. The predicted molar refractivity (Wildman–Crippen MR) is 37.4 cm³/mol. The standard InChI is InChI=1S/C7H12FN/c1-3-4-5-7(8)6(2)9/h5H,2-4,9H2,1H3/b7-5+. The van der Waals surface area contributed by atoms with Crippen LogP contribution in [0, 0.1) is 0 Å². The Balaban J connectivity index is 3.69. The summed E-state index contributed by atoms with van der Waals surface area (Å²) in [6.07, 6.45) is 3.10. The molecule has 0 radical (unpaired) electrons. The molecule has 0 aliphatic heterocycles. The Kier molecular flexibility index (Phi) is 3.76. The van der Waals surface area contributed by atoms with Gasteiger partial charge in [-0.3, -0.25) is 0 Å². The van der Waals surface area contributed by atoms with Gasteiger partial charge in [-0.25, -0.2) is 4.39 Å². The number of hydrogen-bond acceptors (Lipinski definition) is 1. The lowest BCUT2D eigenvalue weighted by atomic mass is 10.3. The summed E-state index contributed by atoms with van der Waals surface area (Å²) in [6, 6.07) is 0. The highest BCUT2D eigenvalue weighted by atomic mass is 19.1. The number of unbranched alkanes of at least 4 members (excludes halogenated alkanes) is 1. The van der Waals surface area contributed by atoms with Crippen molar-refractivity contribution in [3.63, 3.8) is 0 Å². The fourth-order valence-electron chi connectivity index (χ4n) is 0.402. The van der Waals surface area contributed by atoms with Crippen LogP contribution in [-0.2, 0) is 0 Å². The maximum atomic E-state index is 12.3. The Bertz CT molecular complexity index is 127. The second-order valence-corrected chi connectivity index (χ2v) is 1.87. The second kappa shape index (κ2) is 4.13. The smallest absolute Gasteiger partial charge is 0.141 e. The van der Waals surface area contributed by atoms with Crippen LogP contribution in [0.15, 0.2) is 24.2 Å². The van der Waals surface area contributed by atoms with E-state index in [1.165, 1.54) is 6.08 Å². The van der Waals surface area contributed by atoms with Crippen LogP contribution in [0.25, 0.3) is 0 Å². The summed E-state index contributed by atoms with van der Waals surface area (Å²) >= 11 is 0. The first-order valence-corrected chi connectivity index (χ1v) is 2.99. The highest BCUT2D eigenvalue weighted by Crippen LogP contribution is 2.04. The molecular weight excluding hydrogens is 117 g/mol. The first-order chi connectivity index (χ1) is 4.18. The van der Waals surface area contributed by atoms with Crippen LogP contribution in [0.1, 0.15) is 19.8 Å². The number of allylic oxidation sites excluding steroid dienone is 2. The lowest BCUT2D eigenvalue weighted by Crippen LogP contribution is -1.94. The van der Waals surface area contributed by atoms with Crippen molar-refractivity contribution in [1.82, 2.24) is 0 Å². The van der Waals surface area contributed by atoms with Crippen molar-refractivity contribution in [1.29, 1.82) is 0 Å². The molecule has 0 aromatic rings. The average Bonchev–Trinajstić information content (AvgIpc) is 1.82. The molecule has 0 amide bonds. The molecule has 0 aromatic carbocycles. The van der Waals surface area contributed by atoms with Crippen LogP contribution in [-0.4, -0.2) is 0 Å². The lowest BCUT2D eigenvalue weighted by molar-refractivity contribution is 0.641. The minimum Gasteiger partial charge on any atom is -0.397 e. The van der Waals surface area contributed by atoms with Crippen molar-refractivity contribution in [3.8, 4) is 0 Å². The summed E-state index contributed by atoms with van der Waals surface area (Å²) in [5.41, 5.74) is 5.06. The van der Waals surface area contributed by atoms with Crippen molar-refractivity contribution < 1.29 is 4.39 Å². The van der Waals surface area contributed by atoms with Crippen molar-refractivity contribution >= 4 is 0 Å². The zero-order valence-electron chi connectivity index (χ0n) is 5.65. The zero-order valence-corrected chi connectivity index (χ0v) is 5.65. The van der Waals surface area contributed by atoms with E-state index in [0.717, 1.165) is 12.8 Å². The summed E-state index contributed by atoms with van der Waals surface area (Å²) in [7, 11) is 0. The number of nitrogens with two attached hydrogens (primary N) is 1. The van der Waals surface area contributed by atoms with Crippen molar-refractivity contribution in [3.05, 3.63) is 24.2 Å². The largest absolute Gasteiger partial charge is 0.397 e. The SMILES string of the molecule is C=C(N)/C(F)=C\CCC. The molecule has 1 nitrogen and oxygen atoms in total. The van der Waals surface area contributed by atoms with Gasteiger partial charge in [-0.1, -0.05) is 19.9 Å². The van der Waals surface area contributed by atoms with E-state index in [2.05, 4.69) is 6.58 Å². The van der Waals surface area contributed by atoms with Gasteiger partial charge in [0.2, 0.25) is 0 Å². The molecule has 0 spiro atoms. The second-order valence-electron chi connectivity index (χ2n) is 1.87. The Morgan fingerprint density at radius 2 is 2.33 bits per heavy atom. The Hall–Kier alpha value is -0.790. The van der Waals surface area contributed by atoms with Gasteiger partial charge in [0.25, 0.3) is 0 Å². The summed E-state index contributed by atoms with van der Waals surface area (Å²) < 4.78 is 12.3. The van der Waals surface area contributed by atoms with Gasteiger partial charge in [-0.05, 0) is 12.5 Å². The molecule has 52 valence electrons. The third kappa shape index (κ3) is 3.76. The zero-order chi connectivity index (χ0) is 7.28. The number of rotatable bonds is 3. The normalized spacial score (nSPS) is 11.6. The van der Waals surface area contributed by atoms with E-state index in [-0.39, 0.29) is 5.70 Å². The molecular formula is C7H12FN. The van der Waals surface area contributed by atoms with Crippen LogP contribution in [0.3, 0.4) is 0 Å². The van der Waals surface area contributed by atoms with Crippen LogP contribution < -0.4 is 5.73 Å². The van der Waals surface area contributed by atoms with Crippen molar-refractivity contribution in [2.24, 2.45) is 5.73 Å². The van der Waals surface area contributed by atoms with Crippen LogP contribution in [0.2, 0.25) is 0 Å². The molecule has 0 bridgehead atoms. The van der Waals surface area contributed by atoms with Gasteiger partial charge in [0.1, 0.15) is 5.83 Å². The summed E-state index contributed by atoms with van der Waals surface area (Å²) in [6.45, 7) is 5.22. The predicted octanol–water partition coefficient (Wildman–Crippen LogP) is 2.11. The minimum atomic E-state index is -0.392. The molecule has 0 saturated heterocycles. The molecule has 2 heteroatoms. The van der Waals surface area contributed by atoms with Gasteiger partial charge in [-0.2, -0.15) is 0 Å². The van der Waals surface area contributed by atoms with Crippen molar-refractivity contribution in [2.75, 3.05) is 0 Å². The number of halogens is 1. The van der Waals surface area contributed by atoms with Gasteiger partial charge in [-0.15, -0.1) is 0 Å². The van der Waals surface area contributed by atoms with Gasteiger partial charge < -0.3 is 5.73 Å². The third-order valence-corrected chi connectivity index (χ3v) is 0.919. The molecule has 9 heavy (non-hydrogen) atoms. The molecule has 0 aromatic heterocycles. The first-order valence-electron chi connectivity index (χ1n) is 2.99. The summed E-state index contributed by atoms with van der Waals surface area (Å²) in [4.78, 5) is 0. The van der Waals surface area contributed by atoms with E-state index in [1.807, 2.05) is 6.92 Å². The molecule has 0 aliphatic rings. The topological polar surface area (TPSA) is 26.0 Å². The van der Waals surface area contributed by atoms with Gasteiger partial charge in [0, 0.05) is 0 Å². The fourth-order valence-corrected chi connectivity index (χ4v) is 0.402. The van der Waals surface area contributed by atoms with Gasteiger partial charge in [0.05, 0.1) is 5.70 Å². The van der Waals surface area contributed by atoms with E-state index >= 15 is 0 Å². The number of hydrogen-bond donors (Lipinski definition) is 1. The highest BCUT2D eigenvalue weighted by molar-refractivity contribution is 5.17. The Morgan fingerprint density at radius 3 is 2.67 bits per heavy atom. The first kappa shape index (κ1) is 8.21. The fraction of sp³-hybridized carbons (Fsp3) is 0.429. The van der Waals surface area contributed by atoms with Crippen LogP contribution in [0.5, 0.6) is 0 Å². The van der Waals surface area contributed by atoms with Gasteiger partial charge in [0.15, 0.2) is 0 Å². The lowest BCUT2D eigenvalue weighted by Gasteiger charge is -1.91. The third-order valence-electron chi connectivity index (χ3n) is 0.919. The summed E-state index contributed by atoms with van der Waals surface area (Å²) in [5, 5.41) is 0. The molecule has 0 heterocycles. The molecule has 0 saturated carbocycles. The van der Waals surface area contributed by atoms with E-state index in [0.29, 0.717) is 0 Å². The van der Waals surface area contributed by atoms with Crippen LogP contribution >= 0.6 is 0 Å². The Morgan fingerprint density at radius 1 is 1.78 bits per heavy atom. The van der Waals surface area contributed by atoms with E-state index < -0.39 is 5.83 Å². The quantitative estimate of drug-likeness (QED) is 0.580. The molecule has 0 atom stereocenters. The molecule has 0 rings (SSSR count). The monoisotopic (exact) mass is 129 g/mol. The summed E-state index contributed by atoms with van der Waals surface area (Å²) in [5.74, 6) is -0.392. The van der Waals surface area contributed by atoms with Crippen molar-refractivity contribution in [2.45, 2.75) is 19.8 Å². The van der Waals surface area contributed by atoms with E-state index in [4.69, 9.17) is 5.73 Å². The van der Waals surface area contributed by atoms with Crippen LogP contribution in [0.4, 0.5) is 4.39 Å². The molecule has 0 fully saturated rings. The molecule has 0 aliphatic carbocycles. The molecule has 2 N–H and O–H groups in total. The van der Waals surface area contributed by atoms with E-state index in [9.17, 15) is 4.39 Å². The maximum Gasteiger partial charge on any atom is 0.141 e. The van der Waals surface area contributed by atoms with Gasteiger partial charge >= 0.3 is 0 Å². The maximum absolute atomic E-state index is 12.3. The average molecular weight is 129 g/mol. The Labute approximate surface area is 55.1 Å². The highest BCUT2D eigenvalue weighted by Gasteiger charge is 1.91. The van der Waals surface area contributed by atoms with E-state index in [1.54, 1.807) is 0 Å². The minimum absolute atomic E-state index is 0.0171.